The smallest absolute Gasteiger partial charge is 0.216 e. The second-order valence-electron chi connectivity index (χ2n) is 5.33. The zero-order chi connectivity index (χ0) is 19.4. The van der Waals surface area contributed by atoms with E-state index >= 15 is 0 Å². The van der Waals surface area contributed by atoms with Crippen LogP contribution < -0.4 is 14.2 Å². The average molecular weight is 449 g/mol. The van der Waals surface area contributed by atoms with Crippen molar-refractivity contribution in [1.82, 2.24) is 14.9 Å². The van der Waals surface area contributed by atoms with Crippen molar-refractivity contribution < 1.29 is 14.2 Å². The normalized spacial score (nSPS) is 11.0. The van der Waals surface area contributed by atoms with E-state index in [1.165, 1.54) is 0 Å². The number of hydrogen-bond donors (Lipinski definition) is 1. The number of nitrogens with zero attached hydrogens (tertiary/aromatic N) is 3. The number of H-pyrrole nitrogens is 1. The first-order valence-electron chi connectivity index (χ1n) is 7.85. The Labute approximate surface area is 169 Å². The van der Waals surface area contributed by atoms with Crippen LogP contribution in [0, 0.1) is 4.77 Å². The molecule has 9 heteroatoms. The summed E-state index contributed by atoms with van der Waals surface area (Å²) in [5.74, 6) is 2.32. The topological polar surface area (TPSA) is 73.7 Å². The fourth-order valence-electron chi connectivity index (χ4n) is 2.49. The molecule has 1 heterocycles. The minimum Gasteiger partial charge on any atom is -0.496 e. The van der Waals surface area contributed by atoms with Crippen LogP contribution in [0.4, 0.5) is 0 Å². The van der Waals surface area contributed by atoms with Crippen molar-refractivity contribution in [3.8, 4) is 28.6 Å². The SMILES string of the molecule is COc1cc(OC)c(/C=N/n2c(-c3ccccc3Br)n[nH]c2=S)c(OC)c1. The fraction of sp³-hybridized carbons (Fsp3) is 0.167. The highest BCUT2D eigenvalue weighted by molar-refractivity contribution is 9.10. The first kappa shape index (κ1) is 19.1. The van der Waals surface area contributed by atoms with Crippen molar-refractivity contribution in [2.24, 2.45) is 5.10 Å². The van der Waals surface area contributed by atoms with E-state index in [1.807, 2.05) is 24.3 Å². The van der Waals surface area contributed by atoms with Gasteiger partial charge in [0, 0.05) is 22.2 Å². The molecule has 3 aromatic rings. The fourth-order valence-corrected chi connectivity index (χ4v) is 3.13. The lowest BCUT2D eigenvalue weighted by molar-refractivity contribution is 0.374. The monoisotopic (exact) mass is 448 g/mol. The molecule has 0 saturated heterocycles. The quantitative estimate of drug-likeness (QED) is 0.449. The molecule has 2 aromatic carbocycles. The van der Waals surface area contributed by atoms with E-state index in [0.717, 1.165) is 10.0 Å². The van der Waals surface area contributed by atoms with Gasteiger partial charge in [-0.3, -0.25) is 0 Å². The summed E-state index contributed by atoms with van der Waals surface area (Å²) < 4.78 is 18.9. The molecular formula is C18H17BrN4O3S. The van der Waals surface area contributed by atoms with Gasteiger partial charge in [0.1, 0.15) is 17.2 Å². The van der Waals surface area contributed by atoms with Gasteiger partial charge in [-0.15, -0.1) is 0 Å². The summed E-state index contributed by atoms with van der Waals surface area (Å²) in [5, 5.41) is 11.6. The van der Waals surface area contributed by atoms with Crippen LogP contribution in [0.2, 0.25) is 0 Å². The first-order chi connectivity index (χ1) is 13.1. The standard InChI is InChI=1S/C18H17BrN4O3S/c1-24-11-8-15(25-2)13(16(9-11)26-3)10-20-23-17(21-22-18(23)27)12-6-4-5-7-14(12)19/h4-10H,1-3H3,(H,22,27)/b20-10+. The number of methoxy groups -OCH3 is 3. The summed E-state index contributed by atoms with van der Waals surface area (Å²) in [6, 6.07) is 11.2. The molecule has 140 valence electrons. The van der Waals surface area contributed by atoms with Gasteiger partial charge in [-0.1, -0.05) is 28.1 Å². The Morgan fingerprint density at radius 2 is 1.78 bits per heavy atom. The van der Waals surface area contributed by atoms with Crippen LogP contribution in [0.15, 0.2) is 46.0 Å². The highest BCUT2D eigenvalue weighted by atomic mass is 79.9. The lowest BCUT2D eigenvalue weighted by Crippen LogP contribution is -2.00. The van der Waals surface area contributed by atoms with Crippen molar-refractivity contribution in [1.29, 1.82) is 0 Å². The zero-order valence-corrected chi connectivity index (χ0v) is 17.3. The number of nitrogens with one attached hydrogen (secondary N) is 1. The van der Waals surface area contributed by atoms with E-state index in [1.54, 1.807) is 44.4 Å². The molecule has 7 nitrogen and oxygen atoms in total. The van der Waals surface area contributed by atoms with E-state index in [0.29, 0.717) is 33.4 Å². The van der Waals surface area contributed by atoms with Crippen LogP contribution in [0.3, 0.4) is 0 Å². The first-order valence-corrected chi connectivity index (χ1v) is 9.05. The molecule has 0 aliphatic carbocycles. The molecule has 0 aliphatic heterocycles. The van der Waals surface area contributed by atoms with Crippen LogP contribution in [0.5, 0.6) is 17.2 Å². The summed E-state index contributed by atoms with van der Waals surface area (Å²) in [6.45, 7) is 0. The van der Waals surface area contributed by atoms with Crippen molar-refractivity contribution >= 4 is 34.4 Å². The molecule has 0 spiro atoms. The van der Waals surface area contributed by atoms with E-state index in [-0.39, 0.29) is 0 Å². The van der Waals surface area contributed by atoms with Gasteiger partial charge < -0.3 is 14.2 Å². The number of halogens is 1. The minimum atomic E-state index is 0.364. The van der Waals surface area contributed by atoms with E-state index in [4.69, 9.17) is 26.4 Å². The molecular weight excluding hydrogens is 432 g/mol. The maximum absolute atomic E-state index is 5.45. The zero-order valence-electron chi connectivity index (χ0n) is 14.9. The van der Waals surface area contributed by atoms with Gasteiger partial charge in [0.2, 0.25) is 4.77 Å². The molecule has 0 unspecified atom stereocenters. The largest absolute Gasteiger partial charge is 0.496 e. The maximum Gasteiger partial charge on any atom is 0.216 e. The Kier molecular flexibility index (Phi) is 5.92. The second kappa shape index (κ2) is 8.36. The summed E-state index contributed by atoms with van der Waals surface area (Å²) in [6.07, 6.45) is 1.61. The van der Waals surface area contributed by atoms with Crippen molar-refractivity contribution in [3.05, 3.63) is 51.2 Å². The summed E-state index contributed by atoms with van der Waals surface area (Å²) in [5.41, 5.74) is 1.51. The predicted molar refractivity (Wildman–Crippen MR) is 110 cm³/mol. The van der Waals surface area contributed by atoms with Crippen LogP contribution >= 0.6 is 28.1 Å². The highest BCUT2D eigenvalue weighted by Crippen LogP contribution is 2.33. The molecule has 0 bridgehead atoms. The summed E-state index contributed by atoms with van der Waals surface area (Å²) in [4.78, 5) is 0. The number of benzene rings is 2. The summed E-state index contributed by atoms with van der Waals surface area (Å²) >= 11 is 8.85. The Hall–Kier alpha value is -2.65. The molecule has 0 saturated carbocycles. The van der Waals surface area contributed by atoms with Gasteiger partial charge in [0.05, 0.1) is 33.1 Å². The van der Waals surface area contributed by atoms with E-state index in [2.05, 4.69) is 31.2 Å². The Morgan fingerprint density at radius 1 is 1.11 bits per heavy atom. The van der Waals surface area contributed by atoms with Gasteiger partial charge in [-0.25, -0.2) is 5.10 Å². The highest BCUT2D eigenvalue weighted by Gasteiger charge is 2.14. The third-order valence-corrected chi connectivity index (χ3v) is 4.78. The van der Waals surface area contributed by atoms with E-state index < -0.39 is 0 Å². The summed E-state index contributed by atoms with van der Waals surface area (Å²) in [7, 11) is 4.72. The Bertz CT molecular complexity index is 1020. The number of aromatic amines is 1. The number of hydrogen-bond acceptors (Lipinski definition) is 6. The Morgan fingerprint density at radius 3 is 2.37 bits per heavy atom. The van der Waals surface area contributed by atoms with Crippen molar-refractivity contribution in [3.63, 3.8) is 0 Å². The lowest BCUT2D eigenvalue weighted by Gasteiger charge is -2.12. The molecule has 27 heavy (non-hydrogen) atoms. The van der Waals surface area contributed by atoms with Gasteiger partial charge >= 0.3 is 0 Å². The van der Waals surface area contributed by atoms with Crippen molar-refractivity contribution in [2.45, 2.75) is 0 Å². The number of ether oxygens (including phenoxy) is 3. The molecule has 1 N–H and O–H groups in total. The van der Waals surface area contributed by atoms with Gasteiger partial charge in [-0.05, 0) is 24.4 Å². The van der Waals surface area contributed by atoms with Gasteiger partial charge in [0.25, 0.3) is 0 Å². The van der Waals surface area contributed by atoms with Crippen molar-refractivity contribution in [2.75, 3.05) is 21.3 Å². The van der Waals surface area contributed by atoms with Gasteiger partial charge in [-0.2, -0.15) is 14.9 Å². The predicted octanol–water partition coefficient (Wildman–Crippen LogP) is 4.28. The Balaban J connectivity index is 2.10. The van der Waals surface area contributed by atoms with Crippen LogP contribution in [0.25, 0.3) is 11.4 Å². The third kappa shape index (κ3) is 3.88. The molecule has 1 aromatic heterocycles. The minimum absolute atomic E-state index is 0.364. The molecule has 0 atom stereocenters. The molecule has 0 aliphatic rings. The third-order valence-electron chi connectivity index (χ3n) is 3.82. The number of aromatic nitrogens is 3. The van der Waals surface area contributed by atoms with Crippen LogP contribution in [-0.4, -0.2) is 42.4 Å². The maximum atomic E-state index is 5.45. The van der Waals surface area contributed by atoms with Gasteiger partial charge in [0.15, 0.2) is 5.82 Å². The molecule has 0 radical (unpaired) electrons. The average Bonchev–Trinajstić information content (AvgIpc) is 3.06. The molecule has 0 amide bonds. The van der Waals surface area contributed by atoms with Crippen LogP contribution in [-0.2, 0) is 0 Å². The molecule has 3 rings (SSSR count). The van der Waals surface area contributed by atoms with Crippen LogP contribution in [0.1, 0.15) is 5.56 Å². The lowest BCUT2D eigenvalue weighted by atomic mass is 10.2. The molecule has 0 fully saturated rings. The van der Waals surface area contributed by atoms with E-state index in [9.17, 15) is 0 Å². The number of rotatable bonds is 6. The second-order valence-corrected chi connectivity index (χ2v) is 6.58.